The zero-order valence-corrected chi connectivity index (χ0v) is 64.2. The molecule has 3 aromatic carbocycles. The molecule has 2 atom stereocenters. The second kappa shape index (κ2) is 44.7. The molecular formula is C76H105Cl2FN6O19S. The van der Waals surface area contributed by atoms with Crippen molar-refractivity contribution in [3.8, 4) is 44.7 Å². The number of esters is 1. The van der Waals surface area contributed by atoms with Crippen molar-refractivity contribution in [1.29, 1.82) is 0 Å². The average Bonchev–Trinajstić information content (AvgIpc) is 1.62. The Morgan fingerprint density at radius 3 is 1.68 bits per heavy atom. The Morgan fingerprint density at radius 2 is 1.17 bits per heavy atom. The van der Waals surface area contributed by atoms with Gasteiger partial charge < -0.3 is 90.2 Å². The van der Waals surface area contributed by atoms with Crippen molar-refractivity contribution < 1.29 is 94.4 Å². The van der Waals surface area contributed by atoms with Gasteiger partial charge in [-0.3, -0.25) is 4.90 Å². The van der Waals surface area contributed by atoms with Crippen LogP contribution in [0.3, 0.4) is 0 Å². The molecule has 4 bridgehead atoms. The first-order valence-electron chi connectivity index (χ1n) is 36.2. The van der Waals surface area contributed by atoms with E-state index >= 15 is 0 Å². The van der Waals surface area contributed by atoms with Gasteiger partial charge in [0, 0.05) is 68.5 Å². The Kier molecular flexibility index (Phi) is 35.5. The number of halogens is 3. The number of benzene rings is 3. The van der Waals surface area contributed by atoms with E-state index in [4.69, 9.17) is 128 Å². The maximum absolute atomic E-state index is 14.8. The quantitative estimate of drug-likeness (QED) is 0.0255. The number of fused-ring (bicyclic) bond motifs is 7. The van der Waals surface area contributed by atoms with Crippen molar-refractivity contribution in [3.05, 3.63) is 105 Å². The van der Waals surface area contributed by atoms with Gasteiger partial charge in [-0.1, -0.05) is 41.8 Å². The van der Waals surface area contributed by atoms with Gasteiger partial charge in [0.05, 0.1) is 192 Å². The topological polar surface area (TPSA) is 241 Å². The molecule has 6 aromatic rings. The molecule has 3 aliphatic heterocycles. The van der Waals surface area contributed by atoms with Crippen LogP contribution in [0.25, 0.3) is 31.8 Å². The van der Waals surface area contributed by atoms with Crippen LogP contribution in [0.2, 0.25) is 10.0 Å². The fourth-order valence-corrected chi connectivity index (χ4v) is 13.5. The van der Waals surface area contributed by atoms with Crippen molar-refractivity contribution in [3.63, 3.8) is 0 Å². The van der Waals surface area contributed by atoms with Crippen LogP contribution in [0, 0.1) is 19.7 Å². The summed E-state index contributed by atoms with van der Waals surface area (Å²) in [7, 11) is 3.76. The molecule has 25 nitrogen and oxygen atoms in total. The van der Waals surface area contributed by atoms with Gasteiger partial charge in [-0.15, -0.1) is 11.3 Å². The van der Waals surface area contributed by atoms with Crippen LogP contribution in [-0.4, -0.2) is 272 Å². The Morgan fingerprint density at radius 1 is 0.648 bits per heavy atom. The largest absolute Gasteiger partial charge is 0.490 e. The maximum atomic E-state index is 14.8. The van der Waals surface area contributed by atoms with E-state index in [1.807, 2.05) is 38.1 Å². The molecule has 1 saturated carbocycles. The van der Waals surface area contributed by atoms with Crippen LogP contribution < -0.4 is 18.9 Å². The summed E-state index contributed by atoms with van der Waals surface area (Å²) in [4.78, 5) is 40.0. The van der Waals surface area contributed by atoms with Gasteiger partial charge in [0.1, 0.15) is 59.2 Å². The fourth-order valence-electron chi connectivity index (χ4n) is 11.8. The molecular weight excluding hydrogens is 1420 g/mol. The molecule has 1 saturated heterocycles. The molecule has 0 N–H and O–H groups in total. The minimum atomic E-state index is -1.29. The van der Waals surface area contributed by atoms with Gasteiger partial charge >= 0.3 is 5.97 Å². The molecule has 0 spiro atoms. The number of carbonyl (C=O) groups is 1. The second-order valence-electron chi connectivity index (χ2n) is 26.6. The van der Waals surface area contributed by atoms with Crippen molar-refractivity contribution in [2.24, 2.45) is 0 Å². The van der Waals surface area contributed by atoms with Crippen molar-refractivity contribution in [2.45, 2.75) is 90.1 Å². The third-order valence-corrected chi connectivity index (χ3v) is 19.6. The predicted molar refractivity (Wildman–Crippen MR) is 396 cm³/mol. The number of rotatable bonds is 46. The summed E-state index contributed by atoms with van der Waals surface area (Å²) in [6.45, 7) is 25.2. The highest BCUT2D eigenvalue weighted by atomic mass is 35.5. The van der Waals surface area contributed by atoms with Crippen LogP contribution in [0.4, 0.5) is 4.39 Å². The second-order valence-corrected chi connectivity index (χ2v) is 28.4. The number of methoxy groups -OCH3 is 1. The Labute approximate surface area is 630 Å². The van der Waals surface area contributed by atoms with E-state index in [1.54, 1.807) is 46.2 Å². The minimum absolute atomic E-state index is 0.0416. The number of piperazine rings is 1. The minimum Gasteiger partial charge on any atom is -0.490 e. The molecule has 6 heterocycles. The number of hydrogen-bond donors (Lipinski definition) is 0. The number of likely N-dealkylation sites (N-methyl/N-ethyl adjacent to an activating group) is 1. The summed E-state index contributed by atoms with van der Waals surface area (Å²) in [5.41, 5.74) is 3.35. The number of carbonyl (C=O) groups excluding carboxylic acids is 1. The van der Waals surface area contributed by atoms with E-state index < -0.39 is 29.6 Å². The summed E-state index contributed by atoms with van der Waals surface area (Å²) in [5, 5.41) is 1.12. The average molecular weight is 1530 g/mol. The molecule has 0 radical (unpaired) electrons. The van der Waals surface area contributed by atoms with E-state index in [-0.39, 0.29) is 30.9 Å². The van der Waals surface area contributed by atoms with E-state index in [9.17, 15) is 9.18 Å². The Bertz CT molecular complexity index is 3520. The van der Waals surface area contributed by atoms with Crippen LogP contribution in [-0.2, 0) is 89.6 Å². The lowest BCUT2D eigenvalue weighted by Gasteiger charge is -2.40. The van der Waals surface area contributed by atoms with Crippen LogP contribution >= 0.6 is 34.5 Å². The SMILES string of the molecule is COCCOCCOCCOCCOCCOCCOCCOCCOCCOCCOCCOCCOCC1(c2nccc(COc3ccc4cc3C[C@H](C(=O)OC(C)(C)C)Oc3ncnc5sc(-c6ccc(F)cc6)c(c35)-c3c(C)c(Cl)c(c(Cl)c3C)O[C@H](CN3CCN(C)CC3)CO4)n2)CCC1. The monoisotopic (exact) mass is 1530 g/mol. The number of ether oxygens (including phenoxy) is 18. The standard InChI is InChI=1S/C76H105Cl2FN6O19S/c1-54-64-55(2)68(78)69(67(54)77)102-61(49-85-21-19-84(6)20-22-85)51-100-60-13-14-62(57(47-60)48-63(73(86)104-75(3,4)5)103-71-66-65(64)70(105-72(66)82-53-81-71)56-9-11-58(79)12-10-56)101-50-59-15-18-80-74(83-59)76(16-8-17-76)52-99-46-45-98-44-43-97-42-41-96-40-39-95-38-37-94-36-35-93-34-33-92-32-31-91-30-29-90-28-27-89-26-25-88-24-23-87-7/h9-15,18,47,53,61,63H,8,16-17,19-46,48-52H2,1-7H3/t61-,63-/m1/s1. The molecule has 580 valence electrons. The van der Waals surface area contributed by atoms with Gasteiger partial charge in [-0.05, 0) is 113 Å². The van der Waals surface area contributed by atoms with Gasteiger partial charge in [-0.2, -0.15) is 0 Å². The van der Waals surface area contributed by atoms with Crippen molar-refractivity contribution in [2.75, 3.05) is 219 Å². The highest BCUT2D eigenvalue weighted by Crippen LogP contribution is 2.53. The van der Waals surface area contributed by atoms with Gasteiger partial charge in [0.25, 0.3) is 0 Å². The number of thiophene rings is 1. The van der Waals surface area contributed by atoms with E-state index in [2.05, 4.69) is 16.8 Å². The summed E-state index contributed by atoms with van der Waals surface area (Å²) in [6.07, 6.45) is 4.03. The molecule has 0 amide bonds. The normalized spacial score (nSPS) is 16.4. The third kappa shape index (κ3) is 26.9. The van der Waals surface area contributed by atoms with Gasteiger partial charge in [-0.25, -0.2) is 29.1 Å². The fraction of sp³-hybridized carbons (Fsp3) is 0.618. The molecule has 3 aromatic heterocycles. The number of hydrogen-bond acceptors (Lipinski definition) is 26. The first-order chi connectivity index (χ1) is 51.1. The zero-order chi connectivity index (χ0) is 74.1. The van der Waals surface area contributed by atoms with E-state index in [1.165, 1.54) is 29.8 Å². The van der Waals surface area contributed by atoms with Crippen LogP contribution in [0.15, 0.2) is 61.1 Å². The highest BCUT2D eigenvalue weighted by Gasteiger charge is 2.42. The summed E-state index contributed by atoms with van der Waals surface area (Å²) < 4.78 is 120. The lowest BCUT2D eigenvalue weighted by Crippen LogP contribution is -2.49. The van der Waals surface area contributed by atoms with Crippen LogP contribution in [0.1, 0.15) is 68.2 Å². The molecule has 1 aliphatic carbocycles. The molecule has 0 unspecified atom stereocenters. The highest BCUT2D eigenvalue weighted by molar-refractivity contribution is 7.22. The van der Waals surface area contributed by atoms with Crippen molar-refractivity contribution >= 4 is 50.7 Å². The molecule has 10 rings (SSSR count). The summed E-state index contributed by atoms with van der Waals surface area (Å²) in [5.74, 6) is 1.03. The van der Waals surface area contributed by atoms with Crippen molar-refractivity contribution in [1.82, 2.24) is 29.7 Å². The molecule has 105 heavy (non-hydrogen) atoms. The number of nitrogens with zero attached hydrogens (tertiary/aromatic N) is 6. The smallest absolute Gasteiger partial charge is 0.348 e. The molecule has 4 aliphatic rings. The summed E-state index contributed by atoms with van der Waals surface area (Å²) >= 11 is 16.3. The first-order valence-corrected chi connectivity index (χ1v) is 37.8. The molecule has 29 heteroatoms. The lowest BCUT2D eigenvalue weighted by atomic mass is 9.68. The van der Waals surface area contributed by atoms with Gasteiger partial charge in [0.2, 0.25) is 12.0 Å². The van der Waals surface area contributed by atoms with E-state index in [0.717, 1.165) is 50.3 Å². The zero-order valence-electron chi connectivity index (χ0n) is 61.9. The van der Waals surface area contributed by atoms with Gasteiger partial charge in [0.15, 0.2) is 5.75 Å². The van der Waals surface area contributed by atoms with E-state index in [0.29, 0.717) is 254 Å². The molecule has 2 fully saturated rings. The third-order valence-electron chi connectivity index (χ3n) is 17.5. The summed E-state index contributed by atoms with van der Waals surface area (Å²) in [6, 6.07) is 13.6. The lowest BCUT2D eigenvalue weighted by molar-refractivity contribution is -0.163. The maximum Gasteiger partial charge on any atom is 0.348 e. The Hall–Kier alpha value is -5.64. The first kappa shape index (κ1) is 83.4. The Balaban J connectivity index is 0.718. The number of aromatic nitrogens is 4. The van der Waals surface area contributed by atoms with Crippen LogP contribution in [0.5, 0.6) is 23.1 Å². The predicted octanol–water partition coefficient (Wildman–Crippen LogP) is 10.4.